The summed E-state index contributed by atoms with van der Waals surface area (Å²) in [6.07, 6.45) is 0. The topological polar surface area (TPSA) is 78.7 Å². The molecule has 1 fully saturated rings. The molecule has 1 unspecified atom stereocenters. The highest BCUT2D eigenvalue weighted by molar-refractivity contribution is 5.79. The second kappa shape index (κ2) is 5.09. The number of piperazine rings is 1. The number of hydrogen-bond donors (Lipinski definition) is 2. The maximum atomic E-state index is 11.4. The molecule has 0 radical (unpaired) electrons. The fraction of sp³-hybridized carbons (Fsp3) is 0.778. The van der Waals surface area contributed by atoms with Crippen LogP contribution < -0.4 is 11.3 Å². The van der Waals surface area contributed by atoms with Gasteiger partial charge in [0.2, 0.25) is 11.8 Å². The van der Waals surface area contributed by atoms with E-state index >= 15 is 0 Å². The largest absolute Gasteiger partial charge is 0.343 e. The van der Waals surface area contributed by atoms with Gasteiger partial charge in [-0.25, -0.2) is 5.84 Å². The maximum absolute atomic E-state index is 11.4. The first-order valence-corrected chi connectivity index (χ1v) is 5.01. The number of carbonyl (C=O) groups is 2. The summed E-state index contributed by atoms with van der Waals surface area (Å²) in [7, 11) is 1.79. The van der Waals surface area contributed by atoms with E-state index in [4.69, 9.17) is 5.84 Å². The molecule has 0 aromatic heterocycles. The van der Waals surface area contributed by atoms with E-state index in [1.807, 2.05) is 4.90 Å². The van der Waals surface area contributed by atoms with Gasteiger partial charge in [0.05, 0.1) is 6.54 Å². The number of hydrazine groups is 1. The predicted molar refractivity (Wildman–Crippen MR) is 55.6 cm³/mol. The van der Waals surface area contributed by atoms with Crippen molar-refractivity contribution >= 4 is 11.8 Å². The molecular weight excluding hydrogens is 196 g/mol. The number of hydrogen-bond acceptors (Lipinski definition) is 4. The van der Waals surface area contributed by atoms with Gasteiger partial charge in [-0.3, -0.25) is 19.9 Å². The molecule has 15 heavy (non-hydrogen) atoms. The Morgan fingerprint density at radius 2 is 2.27 bits per heavy atom. The van der Waals surface area contributed by atoms with Crippen molar-refractivity contribution in [2.45, 2.75) is 6.92 Å². The lowest BCUT2D eigenvalue weighted by atomic mass is 10.1. The standard InChI is InChI=1S/C9H18N4O2/c1-7(9(15)11-10)5-13-4-3-12(2)8(14)6-13/h7H,3-6,10H2,1-2H3,(H,11,15). The van der Waals surface area contributed by atoms with Gasteiger partial charge in [0, 0.05) is 32.6 Å². The molecule has 1 rings (SSSR count). The van der Waals surface area contributed by atoms with Gasteiger partial charge in [-0.15, -0.1) is 0 Å². The van der Waals surface area contributed by atoms with Crippen molar-refractivity contribution in [1.29, 1.82) is 0 Å². The second-order valence-corrected chi connectivity index (χ2v) is 3.96. The van der Waals surface area contributed by atoms with Crippen LogP contribution in [0.4, 0.5) is 0 Å². The molecule has 86 valence electrons. The Morgan fingerprint density at radius 3 is 2.80 bits per heavy atom. The van der Waals surface area contributed by atoms with Crippen molar-refractivity contribution in [2.75, 3.05) is 33.2 Å². The van der Waals surface area contributed by atoms with Crippen LogP contribution in [-0.4, -0.2) is 54.8 Å². The van der Waals surface area contributed by atoms with E-state index in [0.29, 0.717) is 13.1 Å². The third kappa shape index (κ3) is 3.17. The summed E-state index contributed by atoms with van der Waals surface area (Å²) in [6, 6.07) is 0. The summed E-state index contributed by atoms with van der Waals surface area (Å²) in [6.45, 7) is 4.28. The lowest BCUT2D eigenvalue weighted by Gasteiger charge is -2.33. The highest BCUT2D eigenvalue weighted by Crippen LogP contribution is 2.05. The Hall–Kier alpha value is -1.14. The molecule has 1 aliphatic heterocycles. The summed E-state index contributed by atoms with van der Waals surface area (Å²) in [5, 5.41) is 0. The second-order valence-electron chi connectivity index (χ2n) is 3.96. The predicted octanol–water partition coefficient (Wildman–Crippen LogP) is -1.61. The Kier molecular flexibility index (Phi) is 4.05. The molecule has 6 nitrogen and oxygen atoms in total. The Bertz CT molecular complexity index is 256. The van der Waals surface area contributed by atoms with Crippen LogP contribution >= 0.6 is 0 Å². The quantitative estimate of drug-likeness (QED) is 0.336. The first-order chi connectivity index (χ1) is 7.04. The molecule has 0 aromatic carbocycles. The number of nitrogens with two attached hydrogens (primary N) is 1. The Morgan fingerprint density at radius 1 is 1.60 bits per heavy atom. The number of carbonyl (C=O) groups excluding carboxylic acids is 2. The summed E-state index contributed by atoms with van der Waals surface area (Å²) in [4.78, 5) is 26.2. The average Bonchev–Trinajstić information content (AvgIpc) is 2.22. The molecule has 1 atom stereocenters. The van der Waals surface area contributed by atoms with Gasteiger partial charge in [0.25, 0.3) is 0 Å². The lowest BCUT2D eigenvalue weighted by molar-refractivity contribution is -0.135. The molecule has 3 N–H and O–H groups in total. The Labute approximate surface area is 89.4 Å². The summed E-state index contributed by atoms with van der Waals surface area (Å²) in [5.74, 6) is 4.75. The zero-order valence-electron chi connectivity index (χ0n) is 9.19. The van der Waals surface area contributed by atoms with Gasteiger partial charge in [0.15, 0.2) is 0 Å². The minimum Gasteiger partial charge on any atom is -0.343 e. The maximum Gasteiger partial charge on any atom is 0.237 e. The van der Waals surface area contributed by atoms with Gasteiger partial charge in [-0.1, -0.05) is 6.92 Å². The molecule has 0 saturated carbocycles. The summed E-state index contributed by atoms with van der Waals surface area (Å²) in [5.41, 5.74) is 2.11. The molecule has 1 heterocycles. The first kappa shape index (κ1) is 11.9. The monoisotopic (exact) mass is 214 g/mol. The van der Waals surface area contributed by atoms with Crippen molar-refractivity contribution in [1.82, 2.24) is 15.2 Å². The smallest absolute Gasteiger partial charge is 0.237 e. The van der Waals surface area contributed by atoms with Gasteiger partial charge < -0.3 is 4.90 Å². The van der Waals surface area contributed by atoms with Gasteiger partial charge in [-0.2, -0.15) is 0 Å². The zero-order chi connectivity index (χ0) is 11.4. The molecule has 1 saturated heterocycles. The molecular formula is C9H18N4O2. The molecule has 6 heteroatoms. The van der Waals surface area contributed by atoms with Crippen molar-refractivity contribution in [3.63, 3.8) is 0 Å². The van der Waals surface area contributed by atoms with E-state index in [1.165, 1.54) is 0 Å². The molecule has 0 aliphatic carbocycles. The third-order valence-electron chi connectivity index (χ3n) is 2.66. The van der Waals surface area contributed by atoms with Crippen LogP contribution in [0.5, 0.6) is 0 Å². The van der Waals surface area contributed by atoms with Crippen LogP contribution in [0.15, 0.2) is 0 Å². The highest BCUT2D eigenvalue weighted by Gasteiger charge is 2.23. The summed E-state index contributed by atoms with van der Waals surface area (Å²) < 4.78 is 0. The number of nitrogens with zero attached hydrogens (tertiary/aromatic N) is 2. The highest BCUT2D eigenvalue weighted by atomic mass is 16.2. The van der Waals surface area contributed by atoms with Gasteiger partial charge in [0.1, 0.15) is 0 Å². The fourth-order valence-corrected chi connectivity index (χ4v) is 1.58. The SMILES string of the molecule is CC(CN1CCN(C)C(=O)C1)C(=O)NN. The van der Waals surface area contributed by atoms with E-state index in [0.717, 1.165) is 13.1 Å². The molecule has 0 spiro atoms. The fourth-order valence-electron chi connectivity index (χ4n) is 1.58. The number of nitrogens with one attached hydrogen (secondary N) is 1. The first-order valence-electron chi connectivity index (χ1n) is 5.01. The lowest BCUT2D eigenvalue weighted by Crippen LogP contribution is -2.51. The number of amides is 2. The van der Waals surface area contributed by atoms with Crippen LogP contribution in [-0.2, 0) is 9.59 Å². The van der Waals surface area contributed by atoms with Crippen LogP contribution in [0.1, 0.15) is 6.92 Å². The molecule has 0 aromatic rings. The molecule has 0 bridgehead atoms. The minimum atomic E-state index is -0.193. The minimum absolute atomic E-state index is 0.0987. The van der Waals surface area contributed by atoms with E-state index in [2.05, 4.69) is 5.43 Å². The number of rotatable bonds is 3. The van der Waals surface area contributed by atoms with Gasteiger partial charge in [-0.05, 0) is 0 Å². The van der Waals surface area contributed by atoms with Crippen LogP contribution in [0.25, 0.3) is 0 Å². The Balaban J connectivity index is 2.40. The molecule has 1 aliphatic rings. The van der Waals surface area contributed by atoms with Crippen molar-refractivity contribution in [2.24, 2.45) is 11.8 Å². The zero-order valence-corrected chi connectivity index (χ0v) is 9.19. The van der Waals surface area contributed by atoms with Crippen molar-refractivity contribution in [3.05, 3.63) is 0 Å². The third-order valence-corrected chi connectivity index (χ3v) is 2.66. The average molecular weight is 214 g/mol. The van der Waals surface area contributed by atoms with Crippen LogP contribution in [0.2, 0.25) is 0 Å². The van der Waals surface area contributed by atoms with Crippen LogP contribution in [0, 0.1) is 5.92 Å². The van der Waals surface area contributed by atoms with Crippen molar-refractivity contribution in [3.8, 4) is 0 Å². The van der Waals surface area contributed by atoms with E-state index in [-0.39, 0.29) is 17.7 Å². The van der Waals surface area contributed by atoms with Crippen LogP contribution in [0.3, 0.4) is 0 Å². The van der Waals surface area contributed by atoms with E-state index in [9.17, 15) is 9.59 Å². The summed E-state index contributed by atoms with van der Waals surface area (Å²) >= 11 is 0. The van der Waals surface area contributed by atoms with Gasteiger partial charge >= 0.3 is 0 Å². The normalized spacial score (nSPS) is 20.2. The van der Waals surface area contributed by atoms with E-state index < -0.39 is 0 Å². The van der Waals surface area contributed by atoms with Crippen molar-refractivity contribution < 1.29 is 9.59 Å². The molecule has 2 amide bonds. The number of likely N-dealkylation sites (N-methyl/N-ethyl adjacent to an activating group) is 1. The van der Waals surface area contributed by atoms with E-state index in [1.54, 1.807) is 18.9 Å².